The summed E-state index contributed by atoms with van der Waals surface area (Å²) in [5.41, 5.74) is 6.27. The van der Waals surface area contributed by atoms with Crippen molar-refractivity contribution in [2.24, 2.45) is 0 Å². The lowest BCUT2D eigenvalue weighted by molar-refractivity contribution is 0.0526. The molecule has 0 aliphatic heterocycles. The summed E-state index contributed by atoms with van der Waals surface area (Å²) in [5, 5.41) is 8.71. The van der Waals surface area contributed by atoms with Gasteiger partial charge in [0.1, 0.15) is 11.0 Å². The topological polar surface area (TPSA) is 97.0 Å². The third kappa shape index (κ3) is 4.48. The number of hydrogen-bond acceptors (Lipinski definition) is 7. The Morgan fingerprint density at radius 2 is 1.83 bits per heavy atom. The summed E-state index contributed by atoms with van der Waals surface area (Å²) in [6.45, 7) is 4.66. The van der Waals surface area contributed by atoms with Crippen molar-refractivity contribution in [3.63, 3.8) is 0 Å². The van der Waals surface area contributed by atoms with E-state index < -0.39 is 5.97 Å². The van der Waals surface area contributed by atoms with Gasteiger partial charge in [0.2, 0.25) is 5.88 Å². The minimum atomic E-state index is -0.451. The van der Waals surface area contributed by atoms with Crippen molar-refractivity contribution >= 4 is 17.0 Å². The van der Waals surface area contributed by atoms with E-state index in [-0.39, 0.29) is 12.6 Å². The molecule has 0 amide bonds. The summed E-state index contributed by atoms with van der Waals surface area (Å²) in [4.78, 5) is 21.0. The van der Waals surface area contributed by atoms with Crippen LogP contribution in [0.5, 0.6) is 5.88 Å². The molecule has 9 nitrogen and oxygen atoms in total. The Morgan fingerprint density at radius 3 is 2.57 bits per heavy atom. The molecular weight excluding hydrogens is 444 g/mol. The number of carbonyl (C=O) groups excluding carboxylic acids is 1. The van der Waals surface area contributed by atoms with Crippen molar-refractivity contribution in [2.75, 3.05) is 13.7 Å². The SMILES string of the molecule is CCOC(=O)c1cnn(-c2nc(OC)c3c(cnn3Cc3ccc(-c4cccc(C)c4)cc3)n2)c1. The van der Waals surface area contributed by atoms with E-state index in [1.807, 2.05) is 4.68 Å². The molecule has 0 radical (unpaired) electrons. The van der Waals surface area contributed by atoms with Crippen molar-refractivity contribution < 1.29 is 14.3 Å². The van der Waals surface area contributed by atoms with Crippen LogP contribution in [-0.2, 0) is 11.3 Å². The molecule has 0 spiro atoms. The Hall–Kier alpha value is -4.53. The highest BCUT2D eigenvalue weighted by Crippen LogP contribution is 2.25. The minimum absolute atomic E-state index is 0.270. The zero-order valence-electron chi connectivity index (χ0n) is 19.7. The van der Waals surface area contributed by atoms with E-state index in [2.05, 4.69) is 75.6 Å². The van der Waals surface area contributed by atoms with E-state index >= 15 is 0 Å². The molecule has 35 heavy (non-hydrogen) atoms. The molecule has 0 unspecified atom stereocenters. The van der Waals surface area contributed by atoms with Gasteiger partial charge < -0.3 is 9.47 Å². The minimum Gasteiger partial charge on any atom is -0.479 e. The summed E-state index contributed by atoms with van der Waals surface area (Å²) >= 11 is 0. The largest absolute Gasteiger partial charge is 0.479 e. The second kappa shape index (κ2) is 9.38. The first kappa shape index (κ1) is 22.3. The quantitative estimate of drug-likeness (QED) is 0.330. The standard InChI is InChI=1S/C26H24N6O3/c1-4-35-25(33)21-13-27-32(16-21)26-29-22-14-28-31(23(22)24(30-26)34-3)15-18-8-10-19(11-9-18)20-7-5-6-17(2)12-20/h5-14,16H,4,15H2,1-3H3. The predicted molar refractivity (Wildman–Crippen MR) is 131 cm³/mol. The molecule has 0 saturated heterocycles. The van der Waals surface area contributed by atoms with Gasteiger partial charge in [0.25, 0.3) is 5.95 Å². The van der Waals surface area contributed by atoms with Crippen LogP contribution in [0.15, 0.2) is 67.1 Å². The average Bonchev–Trinajstić information content (AvgIpc) is 3.52. The molecule has 0 fully saturated rings. The van der Waals surface area contributed by atoms with Gasteiger partial charge in [0.05, 0.1) is 38.2 Å². The van der Waals surface area contributed by atoms with Crippen LogP contribution >= 0.6 is 0 Å². The highest BCUT2D eigenvalue weighted by atomic mass is 16.5. The van der Waals surface area contributed by atoms with E-state index in [1.54, 1.807) is 20.2 Å². The van der Waals surface area contributed by atoms with Crippen molar-refractivity contribution in [3.05, 3.63) is 83.8 Å². The van der Waals surface area contributed by atoms with Gasteiger partial charge >= 0.3 is 5.97 Å². The average molecular weight is 469 g/mol. The van der Waals surface area contributed by atoms with Crippen LogP contribution in [-0.4, -0.2) is 49.2 Å². The third-order valence-electron chi connectivity index (χ3n) is 5.57. The number of methoxy groups -OCH3 is 1. The van der Waals surface area contributed by atoms with Crippen LogP contribution in [0, 0.1) is 6.92 Å². The number of nitrogens with zero attached hydrogens (tertiary/aromatic N) is 6. The van der Waals surface area contributed by atoms with Crippen LogP contribution in [0.25, 0.3) is 28.1 Å². The van der Waals surface area contributed by atoms with Gasteiger partial charge in [-0.05, 0) is 30.5 Å². The molecule has 0 atom stereocenters. The molecule has 0 aliphatic rings. The molecule has 0 N–H and O–H groups in total. The fourth-order valence-electron chi connectivity index (χ4n) is 3.87. The van der Waals surface area contributed by atoms with Gasteiger partial charge in [0, 0.05) is 6.20 Å². The Balaban J connectivity index is 1.43. The van der Waals surface area contributed by atoms with E-state index in [0.29, 0.717) is 29.0 Å². The zero-order chi connectivity index (χ0) is 24.4. The van der Waals surface area contributed by atoms with E-state index in [9.17, 15) is 4.79 Å². The van der Waals surface area contributed by atoms with Gasteiger partial charge in [-0.15, -0.1) is 0 Å². The number of carbonyl (C=O) groups is 1. The van der Waals surface area contributed by atoms with Crippen molar-refractivity contribution in [1.29, 1.82) is 0 Å². The lowest BCUT2D eigenvalue weighted by atomic mass is 10.0. The number of hydrogen-bond donors (Lipinski definition) is 0. The van der Waals surface area contributed by atoms with Crippen LogP contribution in [0.1, 0.15) is 28.4 Å². The normalized spacial score (nSPS) is 11.1. The second-order valence-corrected chi connectivity index (χ2v) is 8.03. The van der Waals surface area contributed by atoms with Crippen LogP contribution in [0.2, 0.25) is 0 Å². The van der Waals surface area contributed by atoms with Crippen molar-refractivity contribution in [2.45, 2.75) is 20.4 Å². The van der Waals surface area contributed by atoms with Gasteiger partial charge in [-0.2, -0.15) is 15.2 Å². The number of aromatic nitrogens is 6. The van der Waals surface area contributed by atoms with E-state index in [1.165, 1.54) is 28.2 Å². The van der Waals surface area contributed by atoms with Gasteiger partial charge in [-0.3, -0.25) is 4.68 Å². The van der Waals surface area contributed by atoms with Gasteiger partial charge in [-0.25, -0.2) is 14.5 Å². The van der Waals surface area contributed by atoms with Crippen molar-refractivity contribution in [1.82, 2.24) is 29.5 Å². The summed E-state index contributed by atoms with van der Waals surface area (Å²) in [5.74, 6) is 0.187. The molecule has 0 bridgehead atoms. The van der Waals surface area contributed by atoms with Crippen LogP contribution in [0.3, 0.4) is 0 Å². The van der Waals surface area contributed by atoms with E-state index in [4.69, 9.17) is 9.47 Å². The number of benzene rings is 2. The second-order valence-electron chi connectivity index (χ2n) is 8.03. The highest BCUT2D eigenvalue weighted by molar-refractivity contribution is 5.88. The summed E-state index contributed by atoms with van der Waals surface area (Å²) in [7, 11) is 1.55. The fourth-order valence-corrected chi connectivity index (χ4v) is 3.87. The molecular formula is C26H24N6O3. The summed E-state index contributed by atoms with van der Waals surface area (Å²) in [6, 6.07) is 16.8. The van der Waals surface area contributed by atoms with Crippen LogP contribution < -0.4 is 4.74 Å². The molecule has 5 aromatic rings. The number of aryl methyl sites for hydroxylation is 1. The summed E-state index contributed by atoms with van der Waals surface area (Å²) in [6.07, 6.45) is 4.61. The molecule has 2 aromatic carbocycles. The van der Waals surface area contributed by atoms with Crippen LogP contribution in [0.4, 0.5) is 0 Å². The lowest BCUT2D eigenvalue weighted by Gasteiger charge is -2.09. The Morgan fingerprint density at radius 1 is 1.00 bits per heavy atom. The number of rotatable bonds is 7. The lowest BCUT2D eigenvalue weighted by Crippen LogP contribution is -2.07. The number of fused-ring (bicyclic) bond motifs is 1. The zero-order valence-corrected chi connectivity index (χ0v) is 19.7. The first-order valence-corrected chi connectivity index (χ1v) is 11.2. The van der Waals surface area contributed by atoms with E-state index in [0.717, 1.165) is 11.1 Å². The molecule has 176 valence electrons. The molecule has 0 saturated carbocycles. The summed E-state index contributed by atoms with van der Waals surface area (Å²) < 4.78 is 13.8. The maximum absolute atomic E-state index is 12.0. The smallest absolute Gasteiger partial charge is 0.341 e. The van der Waals surface area contributed by atoms with Crippen molar-refractivity contribution in [3.8, 4) is 23.0 Å². The molecule has 3 aromatic heterocycles. The Labute approximate surface area is 202 Å². The maximum Gasteiger partial charge on any atom is 0.341 e. The van der Waals surface area contributed by atoms with Gasteiger partial charge in [-0.1, -0.05) is 54.1 Å². The Kier molecular flexibility index (Phi) is 5.97. The van der Waals surface area contributed by atoms with Gasteiger partial charge in [0.15, 0.2) is 0 Å². The number of ether oxygens (including phenoxy) is 2. The first-order chi connectivity index (χ1) is 17.1. The third-order valence-corrected chi connectivity index (χ3v) is 5.57. The Bertz CT molecular complexity index is 1500. The first-order valence-electron chi connectivity index (χ1n) is 11.2. The molecule has 3 heterocycles. The number of esters is 1. The monoisotopic (exact) mass is 468 g/mol. The highest BCUT2D eigenvalue weighted by Gasteiger charge is 2.17. The maximum atomic E-state index is 12.0. The molecule has 5 rings (SSSR count). The fraction of sp³-hybridized carbons (Fsp3) is 0.192. The molecule has 9 heteroatoms. The molecule has 0 aliphatic carbocycles. The predicted octanol–water partition coefficient (Wildman–Crippen LogP) is 4.22.